The van der Waals surface area contributed by atoms with E-state index in [1.54, 1.807) is 31.2 Å². The van der Waals surface area contributed by atoms with E-state index in [2.05, 4.69) is 5.32 Å². The first-order valence-electron chi connectivity index (χ1n) is 6.26. The third-order valence-corrected chi connectivity index (χ3v) is 2.63. The molecular weight excluding hydrogens is 278 g/mol. The Bertz CT molecular complexity index is 522. The zero-order valence-corrected chi connectivity index (χ0v) is 12.5. The first-order chi connectivity index (χ1) is 9.38. The van der Waals surface area contributed by atoms with Crippen molar-refractivity contribution in [2.24, 2.45) is 0 Å². The van der Waals surface area contributed by atoms with E-state index in [1.807, 2.05) is 13.8 Å². The van der Waals surface area contributed by atoms with Gasteiger partial charge in [0.25, 0.3) is 0 Å². The monoisotopic (exact) mass is 295 g/mol. The van der Waals surface area contributed by atoms with Crippen LogP contribution in [0.2, 0.25) is 5.02 Å². The quantitative estimate of drug-likeness (QED) is 0.671. The molecule has 0 aliphatic heterocycles. The SMILES string of the molecule is CC(C)=COC(=O)[C@H](C)NC(=O)Cc1cccc(Cl)c1. The van der Waals surface area contributed by atoms with Gasteiger partial charge in [0.1, 0.15) is 6.04 Å². The van der Waals surface area contributed by atoms with Gasteiger partial charge in [-0.3, -0.25) is 4.79 Å². The van der Waals surface area contributed by atoms with Crippen molar-refractivity contribution < 1.29 is 14.3 Å². The van der Waals surface area contributed by atoms with E-state index >= 15 is 0 Å². The maximum atomic E-state index is 11.8. The molecule has 0 saturated heterocycles. The second kappa shape index (κ2) is 7.70. The van der Waals surface area contributed by atoms with Gasteiger partial charge in [-0.05, 0) is 44.0 Å². The minimum absolute atomic E-state index is 0.167. The predicted octanol–water partition coefficient (Wildman–Crippen LogP) is 2.85. The van der Waals surface area contributed by atoms with E-state index in [0.29, 0.717) is 5.02 Å². The highest BCUT2D eigenvalue weighted by atomic mass is 35.5. The summed E-state index contributed by atoms with van der Waals surface area (Å²) in [6.07, 6.45) is 1.53. The molecule has 20 heavy (non-hydrogen) atoms. The molecule has 0 aliphatic rings. The highest BCUT2D eigenvalue weighted by Crippen LogP contribution is 2.11. The maximum absolute atomic E-state index is 11.8. The number of carbonyl (C=O) groups is 2. The zero-order valence-electron chi connectivity index (χ0n) is 11.8. The van der Waals surface area contributed by atoms with Crippen molar-refractivity contribution in [3.63, 3.8) is 0 Å². The minimum Gasteiger partial charge on any atom is -0.433 e. The standard InChI is InChI=1S/C15H18ClNO3/c1-10(2)9-20-15(19)11(3)17-14(18)8-12-5-4-6-13(16)7-12/h4-7,9,11H,8H2,1-3H3,(H,17,18)/t11-/m0/s1. The average Bonchev–Trinajstić information content (AvgIpc) is 2.35. The van der Waals surface area contributed by atoms with Gasteiger partial charge in [0.2, 0.25) is 5.91 Å². The Hall–Kier alpha value is -1.81. The molecule has 0 aromatic heterocycles. The molecule has 0 unspecified atom stereocenters. The molecule has 0 fully saturated rings. The fourth-order valence-electron chi connectivity index (χ4n) is 1.46. The van der Waals surface area contributed by atoms with Crippen LogP contribution in [0.1, 0.15) is 26.3 Å². The van der Waals surface area contributed by atoms with Gasteiger partial charge in [-0.15, -0.1) is 0 Å². The van der Waals surface area contributed by atoms with Crippen molar-refractivity contribution in [2.45, 2.75) is 33.2 Å². The van der Waals surface area contributed by atoms with Crippen LogP contribution >= 0.6 is 11.6 Å². The van der Waals surface area contributed by atoms with Crippen LogP contribution in [-0.4, -0.2) is 17.9 Å². The molecule has 1 atom stereocenters. The number of rotatable bonds is 5. The van der Waals surface area contributed by atoms with E-state index in [0.717, 1.165) is 11.1 Å². The van der Waals surface area contributed by atoms with Gasteiger partial charge in [0.05, 0.1) is 12.7 Å². The number of amides is 1. The summed E-state index contributed by atoms with van der Waals surface area (Å²) in [6, 6.07) is 6.34. The van der Waals surface area contributed by atoms with Crippen LogP contribution in [-0.2, 0) is 20.7 Å². The summed E-state index contributed by atoms with van der Waals surface area (Å²) in [5, 5.41) is 3.16. The number of ether oxygens (including phenoxy) is 1. The van der Waals surface area contributed by atoms with Gasteiger partial charge in [0.15, 0.2) is 0 Å². The first kappa shape index (κ1) is 16.2. The highest BCUT2D eigenvalue weighted by Gasteiger charge is 2.16. The lowest BCUT2D eigenvalue weighted by atomic mass is 10.1. The number of halogens is 1. The van der Waals surface area contributed by atoms with Crippen LogP contribution in [0.4, 0.5) is 0 Å². The van der Waals surface area contributed by atoms with Crippen molar-refractivity contribution >= 4 is 23.5 Å². The first-order valence-corrected chi connectivity index (χ1v) is 6.64. The van der Waals surface area contributed by atoms with Crippen LogP contribution < -0.4 is 5.32 Å². The fraction of sp³-hybridized carbons (Fsp3) is 0.333. The molecule has 5 heteroatoms. The normalized spacial score (nSPS) is 11.4. The second-order valence-electron chi connectivity index (χ2n) is 4.73. The van der Waals surface area contributed by atoms with Crippen molar-refractivity contribution in [3.05, 3.63) is 46.7 Å². The Morgan fingerprint density at radius 3 is 2.70 bits per heavy atom. The predicted molar refractivity (Wildman–Crippen MR) is 78.3 cm³/mol. The van der Waals surface area contributed by atoms with Gasteiger partial charge in [-0.2, -0.15) is 0 Å². The number of hydrogen-bond donors (Lipinski definition) is 1. The number of nitrogens with one attached hydrogen (secondary N) is 1. The summed E-state index contributed by atoms with van der Waals surface area (Å²) < 4.78 is 4.90. The van der Waals surface area contributed by atoms with Crippen LogP contribution in [0.5, 0.6) is 0 Å². The Kier molecular flexibility index (Phi) is 6.25. The summed E-state index contributed by atoms with van der Waals surface area (Å²) >= 11 is 5.84. The molecular formula is C15H18ClNO3. The molecule has 0 radical (unpaired) electrons. The topological polar surface area (TPSA) is 55.4 Å². The van der Waals surface area contributed by atoms with E-state index in [4.69, 9.17) is 16.3 Å². The zero-order chi connectivity index (χ0) is 15.1. The number of hydrogen-bond acceptors (Lipinski definition) is 3. The molecule has 0 spiro atoms. The van der Waals surface area contributed by atoms with E-state index in [1.165, 1.54) is 6.26 Å². The molecule has 0 aliphatic carbocycles. The highest BCUT2D eigenvalue weighted by molar-refractivity contribution is 6.30. The molecule has 0 bridgehead atoms. The molecule has 4 nitrogen and oxygen atoms in total. The average molecular weight is 296 g/mol. The molecule has 1 N–H and O–H groups in total. The number of allylic oxidation sites excluding steroid dienone is 1. The van der Waals surface area contributed by atoms with Crippen LogP contribution in [0.25, 0.3) is 0 Å². The molecule has 1 aromatic carbocycles. The second-order valence-corrected chi connectivity index (χ2v) is 5.16. The van der Waals surface area contributed by atoms with Crippen LogP contribution in [0, 0.1) is 0 Å². The molecule has 108 valence electrons. The van der Waals surface area contributed by atoms with Gasteiger partial charge in [-0.25, -0.2) is 4.79 Å². The third-order valence-electron chi connectivity index (χ3n) is 2.40. The summed E-state index contributed by atoms with van der Waals surface area (Å²) in [7, 11) is 0. The minimum atomic E-state index is -0.697. The number of esters is 1. The summed E-state index contributed by atoms with van der Waals surface area (Å²) in [6.45, 7) is 5.21. The maximum Gasteiger partial charge on any atom is 0.333 e. The molecule has 0 saturated carbocycles. The number of benzene rings is 1. The van der Waals surface area contributed by atoms with Crippen molar-refractivity contribution in [3.8, 4) is 0 Å². The van der Waals surface area contributed by atoms with Crippen molar-refractivity contribution in [2.75, 3.05) is 0 Å². The van der Waals surface area contributed by atoms with Gasteiger partial charge in [0, 0.05) is 5.02 Å². The lowest BCUT2D eigenvalue weighted by Gasteiger charge is -2.12. The van der Waals surface area contributed by atoms with Crippen LogP contribution in [0.15, 0.2) is 36.1 Å². The molecule has 1 amide bonds. The van der Waals surface area contributed by atoms with Crippen LogP contribution in [0.3, 0.4) is 0 Å². The van der Waals surface area contributed by atoms with Crippen molar-refractivity contribution in [1.82, 2.24) is 5.32 Å². The third kappa shape index (κ3) is 5.89. The lowest BCUT2D eigenvalue weighted by Crippen LogP contribution is -2.39. The lowest BCUT2D eigenvalue weighted by molar-refractivity contribution is -0.142. The fourth-order valence-corrected chi connectivity index (χ4v) is 1.67. The largest absolute Gasteiger partial charge is 0.433 e. The Morgan fingerprint density at radius 2 is 2.10 bits per heavy atom. The van der Waals surface area contributed by atoms with Crippen molar-refractivity contribution in [1.29, 1.82) is 0 Å². The summed E-state index contributed by atoms with van der Waals surface area (Å²) in [5.74, 6) is -0.750. The Labute approximate surface area is 123 Å². The smallest absolute Gasteiger partial charge is 0.333 e. The summed E-state index contributed by atoms with van der Waals surface area (Å²) in [4.78, 5) is 23.4. The summed E-state index contributed by atoms with van der Waals surface area (Å²) in [5.41, 5.74) is 1.66. The number of carbonyl (C=O) groups excluding carboxylic acids is 2. The molecule has 1 rings (SSSR count). The van der Waals surface area contributed by atoms with Gasteiger partial charge in [-0.1, -0.05) is 23.7 Å². The molecule has 0 heterocycles. The van der Waals surface area contributed by atoms with E-state index in [9.17, 15) is 9.59 Å². The van der Waals surface area contributed by atoms with E-state index < -0.39 is 12.0 Å². The Balaban J connectivity index is 2.49. The van der Waals surface area contributed by atoms with E-state index in [-0.39, 0.29) is 12.3 Å². The molecule has 1 aromatic rings. The van der Waals surface area contributed by atoms with Gasteiger partial charge >= 0.3 is 5.97 Å². The van der Waals surface area contributed by atoms with Gasteiger partial charge < -0.3 is 10.1 Å². The Morgan fingerprint density at radius 1 is 1.40 bits per heavy atom.